The zero-order valence-corrected chi connectivity index (χ0v) is 19.2. The third-order valence-electron chi connectivity index (χ3n) is 4.18. The minimum Gasteiger partial charge on any atom is -0.494 e. The number of hydrazone groups is 1. The van der Waals surface area contributed by atoms with Crippen LogP contribution in [0, 0.1) is 0 Å². The average molecular weight is 510 g/mol. The maximum atomic E-state index is 12.5. The predicted molar refractivity (Wildman–Crippen MR) is 128 cm³/mol. The van der Waals surface area contributed by atoms with Gasteiger partial charge in [-0.2, -0.15) is 5.10 Å². The molecule has 33 heavy (non-hydrogen) atoms. The fraction of sp³-hybridized carbons (Fsp3) is 0.0833. The number of nitrogens with zero attached hydrogens (tertiary/aromatic N) is 1. The van der Waals surface area contributed by atoms with Gasteiger partial charge in [0, 0.05) is 15.7 Å². The number of hydrogen-bond donors (Lipinski definition) is 2. The Labute approximate surface area is 198 Å². The molecule has 2 amide bonds. The van der Waals surface area contributed by atoms with E-state index in [1.807, 2.05) is 6.92 Å². The summed E-state index contributed by atoms with van der Waals surface area (Å²) in [6.45, 7) is 2.40. The van der Waals surface area contributed by atoms with Crippen LogP contribution < -0.4 is 20.2 Å². The number of benzene rings is 3. The molecular weight excluding hydrogens is 490 g/mol. The Hall–Kier alpha value is -3.98. The van der Waals surface area contributed by atoms with Crippen molar-refractivity contribution in [3.63, 3.8) is 0 Å². The number of halogens is 1. The highest BCUT2D eigenvalue weighted by Gasteiger charge is 2.14. The Bertz CT molecular complexity index is 1160. The molecule has 3 aromatic carbocycles. The summed E-state index contributed by atoms with van der Waals surface area (Å²) in [5.74, 6) is -1.50. The van der Waals surface area contributed by atoms with Gasteiger partial charge in [-0.1, -0.05) is 34.1 Å². The summed E-state index contributed by atoms with van der Waals surface area (Å²) >= 11 is 3.34. The van der Waals surface area contributed by atoms with E-state index in [-0.39, 0.29) is 5.75 Å². The highest BCUT2D eigenvalue weighted by Crippen LogP contribution is 2.23. The molecule has 0 aromatic heterocycles. The molecule has 9 heteroatoms. The van der Waals surface area contributed by atoms with Crippen molar-refractivity contribution in [1.82, 2.24) is 5.43 Å². The van der Waals surface area contributed by atoms with Gasteiger partial charge in [-0.15, -0.1) is 0 Å². The highest BCUT2D eigenvalue weighted by molar-refractivity contribution is 9.10. The van der Waals surface area contributed by atoms with Gasteiger partial charge in [0.15, 0.2) is 0 Å². The minimum absolute atomic E-state index is 0.226. The molecule has 0 spiro atoms. The SMILES string of the molecule is CCOc1ccc(C(=O)Oc2ccc(Br)cc2C=NNC(=O)C(=O)Nc2ccccc2)cc1. The van der Waals surface area contributed by atoms with Gasteiger partial charge < -0.3 is 14.8 Å². The number of ether oxygens (including phenoxy) is 2. The standard InChI is InChI=1S/C24H20BrN3O5/c1-2-32-20-11-8-16(9-12-20)24(31)33-21-13-10-18(25)14-17(21)15-26-28-23(30)22(29)27-19-6-4-3-5-7-19/h3-15H,2H2,1H3,(H,27,29)(H,28,30). The monoisotopic (exact) mass is 509 g/mol. The Morgan fingerprint density at radius 1 is 0.970 bits per heavy atom. The number of anilines is 1. The lowest BCUT2D eigenvalue weighted by atomic mass is 10.2. The third-order valence-corrected chi connectivity index (χ3v) is 4.68. The van der Waals surface area contributed by atoms with Crippen molar-refractivity contribution >= 4 is 45.6 Å². The largest absolute Gasteiger partial charge is 0.494 e. The van der Waals surface area contributed by atoms with Gasteiger partial charge in [-0.25, -0.2) is 10.2 Å². The molecule has 0 fully saturated rings. The molecule has 0 aliphatic rings. The molecule has 0 saturated carbocycles. The molecule has 2 N–H and O–H groups in total. The van der Waals surface area contributed by atoms with Crippen LogP contribution in [0.25, 0.3) is 0 Å². The Balaban J connectivity index is 1.65. The normalized spacial score (nSPS) is 10.5. The van der Waals surface area contributed by atoms with E-state index in [1.54, 1.807) is 72.8 Å². The van der Waals surface area contributed by atoms with E-state index in [0.717, 1.165) is 0 Å². The lowest BCUT2D eigenvalue weighted by Gasteiger charge is -2.09. The summed E-state index contributed by atoms with van der Waals surface area (Å²) in [7, 11) is 0. The van der Waals surface area contributed by atoms with Crippen molar-refractivity contribution < 1.29 is 23.9 Å². The summed E-state index contributed by atoms with van der Waals surface area (Å²) in [5.41, 5.74) is 3.39. The van der Waals surface area contributed by atoms with Crippen LogP contribution in [-0.2, 0) is 9.59 Å². The van der Waals surface area contributed by atoms with Gasteiger partial charge in [0.25, 0.3) is 0 Å². The molecule has 0 bridgehead atoms. The minimum atomic E-state index is -0.946. The Kier molecular flexibility index (Phi) is 8.31. The fourth-order valence-electron chi connectivity index (χ4n) is 2.65. The van der Waals surface area contributed by atoms with Crippen LogP contribution in [0.1, 0.15) is 22.8 Å². The molecule has 0 saturated heterocycles. The van der Waals surface area contributed by atoms with Gasteiger partial charge in [0.05, 0.1) is 18.4 Å². The second-order valence-corrected chi connectivity index (χ2v) is 7.46. The zero-order valence-electron chi connectivity index (χ0n) is 17.6. The number of rotatable bonds is 7. The number of esters is 1. The molecule has 0 radical (unpaired) electrons. The van der Waals surface area contributed by atoms with E-state index in [4.69, 9.17) is 9.47 Å². The first-order valence-corrected chi connectivity index (χ1v) is 10.7. The average Bonchev–Trinajstić information content (AvgIpc) is 2.82. The van der Waals surface area contributed by atoms with Crippen LogP contribution in [0.2, 0.25) is 0 Å². The van der Waals surface area contributed by atoms with Gasteiger partial charge in [0.1, 0.15) is 11.5 Å². The van der Waals surface area contributed by atoms with Crippen LogP contribution in [0.5, 0.6) is 11.5 Å². The van der Waals surface area contributed by atoms with Crippen molar-refractivity contribution in [3.8, 4) is 11.5 Å². The molecule has 0 aliphatic heterocycles. The maximum Gasteiger partial charge on any atom is 0.343 e. The summed E-state index contributed by atoms with van der Waals surface area (Å²) in [6.07, 6.45) is 1.28. The van der Waals surface area contributed by atoms with Crippen molar-refractivity contribution in [1.29, 1.82) is 0 Å². The summed E-state index contributed by atoms with van der Waals surface area (Å²) in [6, 6.07) is 20.1. The van der Waals surface area contributed by atoms with Crippen LogP contribution in [0.3, 0.4) is 0 Å². The van der Waals surface area contributed by atoms with Crippen LogP contribution in [0.15, 0.2) is 82.4 Å². The molecule has 8 nitrogen and oxygen atoms in total. The second kappa shape index (κ2) is 11.6. The summed E-state index contributed by atoms with van der Waals surface area (Å²) in [4.78, 5) is 36.5. The van der Waals surface area contributed by atoms with Crippen LogP contribution in [0.4, 0.5) is 5.69 Å². The lowest BCUT2D eigenvalue weighted by molar-refractivity contribution is -0.136. The lowest BCUT2D eigenvalue weighted by Crippen LogP contribution is -2.32. The van der Waals surface area contributed by atoms with Gasteiger partial charge in [-0.3, -0.25) is 9.59 Å². The molecule has 3 rings (SSSR count). The quantitative estimate of drug-likeness (QED) is 0.163. The molecule has 0 unspecified atom stereocenters. The summed E-state index contributed by atoms with van der Waals surface area (Å²) < 4.78 is 11.6. The first-order chi connectivity index (χ1) is 16.0. The van der Waals surface area contributed by atoms with Crippen molar-refractivity contribution in [2.75, 3.05) is 11.9 Å². The summed E-state index contributed by atoms with van der Waals surface area (Å²) in [5, 5.41) is 6.26. The van der Waals surface area contributed by atoms with E-state index >= 15 is 0 Å². The number of carbonyl (C=O) groups is 3. The van der Waals surface area contributed by atoms with Gasteiger partial charge in [0.2, 0.25) is 0 Å². The fourth-order valence-corrected chi connectivity index (χ4v) is 3.03. The van der Waals surface area contributed by atoms with E-state index < -0.39 is 17.8 Å². The van der Waals surface area contributed by atoms with Crippen molar-refractivity contribution in [3.05, 3.63) is 88.4 Å². The first-order valence-electron chi connectivity index (χ1n) is 9.90. The van der Waals surface area contributed by atoms with Gasteiger partial charge in [-0.05, 0) is 61.5 Å². The van der Waals surface area contributed by atoms with Crippen molar-refractivity contribution in [2.24, 2.45) is 5.10 Å². The highest BCUT2D eigenvalue weighted by atomic mass is 79.9. The van der Waals surface area contributed by atoms with E-state index in [1.165, 1.54) is 6.21 Å². The third kappa shape index (κ3) is 7.01. The zero-order chi connectivity index (χ0) is 23.6. The molecular formula is C24H20BrN3O5. The first kappa shape index (κ1) is 23.7. The molecule has 0 heterocycles. The molecule has 0 aliphatic carbocycles. The topological polar surface area (TPSA) is 106 Å². The predicted octanol–water partition coefficient (Wildman–Crippen LogP) is 4.16. The molecule has 3 aromatic rings. The Morgan fingerprint density at radius 2 is 1.70 bits per heavy atom. The van der Waals surface area contributed by atoms with Crippen LogP contribution >= 0.6 is 15.9 Å². The number of para-hydroxylation sites is 1. The number of nitrogens with one attached hydrogen (secondary N) is 2. The van der Waals surface area contributed by atoms with Crippen molar-refractivity contribution in [2.45, 2.75) is 6.92 Å². The number of amides is 2. The number of hydrogen-bond acceptors (Lipinski definition) is 6. The van der Waals surface area contributed by atoms with E-state index in [2.05, 4.69) is 31.8 Å². The van der Waals surface area contributed by atoms with Gasteiger partial charge >= 0.3 is 17.8 Å². The number of carbonyl (C=O) groups excluding carboxylic acids is 3. The second-order valence-electron chi connectivity index (χ2n) is 6.55. The maximum absolute atomic E-state index is 12.5. The van der Waals surface area contributed by atoms with Crippen LogP contribution in [-0.4, -0.2) is 30.6 Å². The van der Waals surface area contributed by atoms with E-state index in [0.29, 0.717) is 33.6 Å². The Morgan fingerprint density at radius 3 is 2.39 bits per heavy atom. The molecule has 0 atom stereocenters. The molecule has 168 valence electrons. The smallest absolute Gasteiger partial charge is 0.343 e. The van der Waals surface area contributed by atoms with E-state index in [9.17, 15) is 14.4 Å².